The Morgan fingerprint density at radius 2 is 1.88 bits per heavy atom. The van der Waals surface area contributed by atoms with Gasteiger partial charge < -0.3 is 15.0 Å². The van der Waals surface area contributed by atoms with Gasteiger partial charge in [-0.05, 0) is 68.8 Å². The summed E-state index contributed by atoms with van der Waals surface area (Å²) in [6, 6.07) is 10.2. The number of nitrogens with one attached hydrogen (secondary N) is 1. The third kappa shape index (κ3) is 5.03. The van der Waals surface area contributed by atoms with Crippen LogP contribution < -0.4 is 5.32 Å². The lowest BCUT2D eigenvalue weighted by Crippen LogP contribution is -2.14. The maximum Gasteiger partial charge on any atom is 0.257 e. The van der Waals surface area contributed by atoms with Gasteiger partial charge in [-0.25, -0.2) is 12.8 Å². The summed E-state index contributed by atoms with van der Waals surface area (Å²) in [5, 5.41) is 12.9. The van der Waals surface area contributed by atoms with Crippen molar-refractivity contribution < 1.29 is 22.7 Å². The van der Waals surface area contributed by atoms with Crippen LogP contribution in [0.5, 0.6) is 0 Å². The molecular weight excluding hydrogens is 455 g/mol. The summed E-state index contributed by atoms with van der Waals surface area (Å²) in [6.07, 6.45) is 0.706. The monoisotopic (exact) mass is 478 g/mol. The van der Waals surface area contributed by atoms with Crippen molar-refractivity contribution in [1.82, 2.24) is 4.57 Å². The first-order chi connectivity index (χ1) is 14.9. The second-order valence-corrected chi connectivity index (χ2v) is 10.2. The average Bonchev–Trinajstić information content (AvgIpc) is 2.96. The Bertz CT molecular complexity index is 1300. The quantitative estimate of drug-likeness (QED) is 0.547. The van der Waals surface area contributed by atoms with Gasteiger partial charge in [0.1, 0.15) is 5.82 Å². The number of nitrogens with zero attached hydrogens (tertiary/aromatic N) is 1. The van der Waals surface area contributed by atoms with Crippen molar-refractivity contribution in [2.45, 2.75) is 38.2 Å². The van der Waals surface area contributed by atoms with Crippen LogP contribution in [0.3, 0.4) is 0 Å². The zero-order valence-corrected chi connectivity index (χ0v) is 19.7. The highest BCUT2D eigenvalue weighted by molar-refractivity contribution is 7.90. The molecular formula is C23H24ClFN2O4S. The highest BCUT2D eigenvalue weighted by atomic mass is 35.5. The van der Waals surface area contributed by atoms with Crippen molar-refractivity contribution >= 4 is 33.0 Å². The minimum absolute atomic E-state index is 0.175. The number of halogens is 2. The fourth-order valence-corrected chi connectivity index (χ4v) is 4.90. The van der Waals surface area contributed by atoms with E-state index in [-0.39, 0.29) is 16.3 Å². The van der Waals surface area contributed by atoms with Crippen LogP contribution >= 0.6 is 11.6 Å². The molecule has 2 aromatic carbocycles. The maximum atomic E-state index is 13.5. The molecule has 2 N–H and O–H groups in total. The first kappa shape index (κ1) is 24.0. The largest absolute Gasteiger partial charge is 0.393 e. The van der Waals surface area contributed by atoms with E-state index in [1.165, 1.54) is 30.3 Å². The number of aliphatic hydroxyl groups is 1. The lowest BCUT2D eigenvalue weighted by atomic mass is 10.1. The summed E-state index contributed by atoms with van der Waals surface area (Å²) in [4.78, 5) is 13.2. The maximum absolute atomic E-state index is 13.5. The SMILES string of the molecule is Cc1cc(NC(=O)c2cc(C[C@H](C)O)n(-c3ccc(F)cc3Cl)c2C)ccc1S(C)(=O)=O. The predicted octanol–water partition coefficient (Wildman–Crippen LogP) is 4.47. The van der Waals surface area contributed by atoms with Gasteiger partial charge in [0, 0.05) is 29.8 Å². The lowest BCUT2D eigenvalue weighted by Gasteiger charge is -2.15. The van der Waals surface area contributed by atoms with E-state index in [9.17, 15) is 22.7 Å². The van der Waals surface area contributed by atoms with Gasteiger partial charge in [0.25, 0.3) is 5.91 Å². The van der Waals surface area contributed by atoms with E-state index in [4.69, 9.17) is 11.6 Å². The highest BCUT2D eigenvalue weighted by Crippen LogP contribution is 2.29. The van der Waals surface area contributed by atoms with Gasteiger partial charge >= 0.3 is 0 Å². The van der Waals surface area contributed by atoms with Crippen LogP contribution in [0, 0.1) is 19.7 Å². The number of hydrogen-bond donors (Lipinski definition) is 2. The Morgan fingerprint density at radius 1 is 1.19 bits per heavy atom. The Labute approximate surface area is 191 Å². The van der Waals surface area contributed by atoms with E-state index < -0.39 is 27.7 Å². The smallest absolute Gasteiger partial charge is 0.257 e. The molecule has 3 aromatic rings. The van der Waals surface area contributed by atoms with E-state index >= 15 is 0 Å². The summed E-state index contributed by atoms with van der Waals surface area (Å²) in [6.45, 7) is 5.02. The van der Waals surface area contributed by atoms with E-state index in [2.05, 4.69) is 5.32 Å². The molecule has 0 aliphatic carbocycles. The molecule has 32 heavy (non-hydrogen) atoms. The highest BCUT2D eigenvalue weighted by Gasteiger charge is 2.21. The molecule has 0 spiro atoms. The van der Waals surface area contributed by atoms with E-state index in [1.807, 2.05) is 0 Å². The van der Waals surface area contributed by atoms with Crippen molar-refractivity contribution in [3.05, 3.63) is 75.8 Å². The Balaban J connectivity index is 2.02. The summed E-state index contributed by atoms with van der Waals surface area (Å²) in [5.74, 6) is -0.885. The molecule has 0 saturated heterocycles. The van der Waals surface area contributed by atoms with Gasteiger partial charge in [0.2, 0.25) is 0 Å². The average molecular weight is 479 g/mol. The molecule has 0 aliphatic heterocycles. The van der Waals surface area contributed by atoms with Gasteiger partial charge in [-0.1, -0.05) is 11.6 Å². The molecule has 0 bridgehead atoms. The van der Waals surface area contributed by atoms with Crippen molar-refractivity contribution in [2.24, 2.45) is 0 Å². The second-order valence-electron chi connectivity index (χ2n) is 7.83. The number of amides is 1. The van der Waals surface area contributed by atoms with Gasteiger partial charge in [0.05, 0.1) is 27.3 Å². The Hall–Kier alpha value is -2.68. The third-order valence-corrected chi connectivity index (χ3v) is 6.62. The second kappa shape index (κ2) is 9.05. The van der Waals surface area contributed by atoms with Crippen molar-refractivity contribution in [2.75, 3.05) is 11.6 Å². The fraction of sp³-hybridized carbons (Fsp3) is 0.261. The van der Waals surface area contributed by atoms with Crippen LogP contribution in [-0.2, 0) is 16.3 Å². The van der Waals surface area contributed by atoms with Crippen LogP contribution in [-0.4, -0.2) is 36.4 Å². The van der Waals surface area contributed by atoms with Crippen molar-refractivity contribution in [1.29, 1.82) is 0 Å². The minimum Gasteiger partial charge on any atom is -0.393 e. The van der Waals surface area contributed by atoms with Crippen LogP contribution in [0.1, 0.15) is 34.2 Å². The number of aromatic nitrogens is 1. The molecule has 1 amide bonds. The molecule has 6 nitrogen and oxygen atoms in total. The summed E-state index contributed by atoms with van der Waals surface area (Å²) in [7, 11) is -3.37. The molecule has 0 saturated carbocycles. The van der Waals surface area contributed by atoms with E-state index in [0.29, 0.717) is 33.9 Å². The van der Waals surface area contributed by atoms with Gasteiger partial charge in [-0.2, -0.15) is 0 Å². The van der Waals surface area contributed by atoms with E-state index in [0.717, 1.165) is 6.26 Å². The molecule has 1 heterocycles. The molecule has 170 valence electrons. The Morgan fingerprint density at radius 3 is 2.44 bits per heavy atom. The number of anilines is 1. The Kier molecular flexibility index (Phi) is 6.78. The third-order valence-electron chi connectivity index (χ3n) is 5.06. The van der Waals surface area contributed by atoms with Gasteiger partial charge in [0.15, 0.2) is 9.84 Å². The molecule has 0 radical (unpaired) electrons. The predicted molar refractivity (Wildman–Crippen MR) is 123 cm³/mol. The number of carbonyl (C=O) groups is 1. The number of hydrogen-bond acceptors (Lipinski definition) is 4. The molecule has 3 rings (SSSR count). The first-order valence-electron chi connectivity index (χ1n) is 9.85. The molecule has 1 aromatic heterocycles. The fourth-order valence-electron chi connectivity index (χ4n) is 3.69. The van der Waals surface area contributed by atoms with Crippen LogP contribution in [0.15, 0.2) is 47.4 Å². The summed E-state index contributed by atoms with van der Waals surface area (Å²) < 4.78 is 38.9. The lowest BCUT2D eigenvalue weighted by molar-refractivity contribution is 0.102. The standard InChI is InChI=1S/C23H24ClFN2O4S/c1-13-9-17(6-8-22(13)32(4,30)31)26-23(29)19-12-18(10-14(2)28)27(15(19)3)21-7-5-16(25)11-20(21)24/h5-9,11-12,14,28H,10H2,1-4H3,(H,26,29)/t14-/m0/s1. The van der Waals surface area contributed by atoms with Crippen molar-refractivity contribution in [3.8, 4) is 5.69 Å². The zero-order chi connectivity index (χ0) is 23.8. The zero-order valence-electron chi connectivity index (χ0n) is 18.1. The summed E-state index contributed by atoms with van der Waals surface area (Å²) >= 11 is 6.26. The molecule has 0 aliphatic rings. The van der Waals surface area contributed by atoms with Gasteiger partial charge in [-0.15, -0.1) is 0 Å². The number of rotatable bonds is 6. The van der Waals surface area contributed by atoms with Crippen LogP contribution in [0.2, 0.25) is 5.02 Å². The number of benzene rings is 2. The molecule has 1 atom stereocenters. The first-order valence-corrected chi connectivity index (χ1v) is 12.1. The normalized spacial score (nSPS) is 12.6. The van der Waals surface area contributed by atoms with Crippen LogP contribution in [0.4, 0.5) is 10.1 Å². The van der Waals surface area contributed by atoms with E-state index in [1.54, 1.807) is 37.5 Å². The number of aliphatic hydroxyl groups excluding tert-OH is 1. The van der Waals surface area contributed by atoms with Crippen molar-refractivity contribution in [3.63, 3.8) is 0 Å². The molecule has 0 unspecified atom stereocenters. The minimum atomic E-state index is -3.37. The molecule has 9 heteroatoms. The topological polar surface area (TPSA) is 88.4 Å². The summed E-state index contributed by atoms with van der Waals surface area (Å²) in [5.41, 5.74) is 3.02. The van der Waals surface area contributed by atoms with Gasteiger partial charge in [-0.3, -0.25) is 4.79 Å². The number of carbonyl (C=O) groups excluding carboxylic acids is 1. The number of sulfone groups is 1. The van der Waals surface area contributed by atoms with Crippen LogP contribution in [0.25, 0.3) is 5.69 Å². The molecule has 0 fully saturated rings. The number of aryl methyl sites for hydroxylation is 1.